The van der Waals surface area contributed by atoms with Gasteiger partial charge in [-0.25, -0.2) is 9.59 Å². The number of carbonyl (C=O) groups is 2. The topological polar surface area (TPSA) is 119 Å². The van der Waals surface area contributed by atoms with Gasteiger partial charge < -0.3 is 20.6 Å². The number of hydrogen-bond donors (Lipinski definition) is 4. The van der Waals surface area contributed by atoms with Crippen LogP contribution < -0.4 is 5.32 Å². The van der Waals surface area contributed by atoms with Crippen LogP contribution in [0.4, 0.5) is 0 Å². The van der Waals surface area contributed by atoms with Gasteiger partial charge in [0, 0.05) is 19.2 Å². The van der Waals surface area contributed by atoms with E-state index in [4.69, 9.17) is 10.2 Å². The van der Waals surface area contributed by atoms with Gasteiger partial charge >= 0.3 is 11.9 Å². The second kappa shape index (κ2) is 7.96. The number of carboxylic acid groups (broad SMARTS) is 2. The Morgan fingerprint density at radius 1 is 1.25 bits per heavy atom. The van der Waals surface area contributed by atoms with Gasteiger partial charge in [0.25, 0.3) is 0 Å². The molecule has 0 saturated heterocycles. The van der Waals surface area contributed by atoms with Crippen molar-refractivity contribution < 1.29 is 24.9 Å². The maximum absolute atomic E-state index is 11.1. The van der Waals surface area contributed by atoms with Crippen molar-refractivity contribution >= 4 is 18.2 Å². The van der Waals surface area contributed by atoms with Crippen molar-refractivity contribution in [3.05, 3.63) is 53.3 Å². The van der Waals surface area contributed by atoms with E-state index in [1.54, 1.807) is 24.4 Å². The van der Waals surface area contributed by atoms with E-state index in [1.807, 2.05) is 12.1 Å². The van der Waals surface area contributed by atoms with Crippen LogP contribution in [-0.4, -0.2) is 46.1 Å². The first-order valence-corrected chi connectivity index (χ1v) is 7.37. The quantitative estimate of drug-likeness (QED) is 0.585. The Morgan fingerprint density at radius 3 is 2.58 bits per heavy atom. The van der Waals surface area contributed by atoms with Crippen molar-refractivity contribution in [2.45, 2.75) is 18.9 Å². The smallest absolute Gasteiger partial charge is 0.351 e. The summed E-state index contributed by atoms with van der Waals surface area (Å²) in [7, 11) is 0. The summed E-state index contributed by atoms with van der Waals surface area (Å²) in [6.07, 6.45) is 5.48. The van der Waals surface area contributed by atoms with Crippen LogP contribution >= 0.6 is 0 Å². The third-order valence-corrected chi connectivity index (χ3v) is 3.49. The van der Waals surface area contributed by atoms with E-state index in [0.29, 0.717) is 18.5 Å². The number of aromatic hydroxyl groups is 1. The van der Waals surface area contributed by atoms with Crippen LogP contribution in [0.5, 0.6) is 5.75 Å². The van der Waals surface area contributed by atoms with Crippen molar-refractivity contribution in [3.63, 3.8) is 0 Å². The number of nitrogens with zero attached hydrogens (tertiary/aromatic N) is 1. The number of carboxylic acids is 2. The number of allylic oxidation sites excluding steroid dienone is 2. The Bertz CT molecular complexity index is 704. The Morgan fingerprint density at radius 2 is 1.96 bits per heavy atom. The summed E-state index contributed by atoms with van der Waals surface area (Å²) in [5, 5.41) is 29.7. The highest BCUT2D eigenvalue weighted by molar-refractivity contribution is 5.89. The average Bonchev–Trinajstić information content (AvgIpc) is 2.56. The first-order chi connectivity index (χ1) is 11.5. The first kappa shape index (κ1) is 17.3. The minimum atomic E-state index is -1.20. The fourth-order valence-corrected chi connectivity index (χ4v) is 2.23. The van der Waals surface area contributed by atoms with Gasteiger partial charge in [0.05, 0.1) is 0 Å². The van der Waals surface area contributed by atoms with Gasteiger partial charge in [-0.05, 0) is 41.8 Å². The first-order valence-electron chi connectivity index (χ1n) is 7.37. The molecule has 7 nitrogen and oxygen atoms in total. The van der Waals surface area contributed by atoms with Gasteiger partial charge in [-0.3, -0.25) is 4.99 Å². The molecule has 1 aliphatic heterocycles. The molecule has 0 bridgehead atoms. The molecule has 0 aromatic heterocycles. The number of phenols is 1. The summed E-state index contributed by atoms with van der Waals surface area (Å²) in [6, 6.07) is 5.89. The summed E-state index contributed by atoms with van der Waals surface area (Å²) >= 11 is 0. The molecule has 0 saturated carbocycles. The number of aliphatic imine (C=N–C) groups is 1. The van der Waals surface area contributed by atoms with Crippen LogP contribution in [-0.2, 0) is 16.0 Å². The predicted molar refractivity (Wildman–Crippen MR) is 88.1 cm³/mol. The van der Waals surface area contributed by atoms with Crippen LogP contribution in [0.2, 0.25) is 0 Å². The van der Waals surface area contributed by atoms with E-state index in [1.165, 1.54) is 6.08 Å². The van der Waals surface area contributed by atoms with Gasteiger partial charge in [0.2, 0.25) is 0 Å². The van der Waals surface area contributed by atoms with Crippen LogP contribution in [0, 0.1) is 0 Å². The summed E-state index contributed by atoms with van der Waals surface area (Å²) in [4.78, 5) is 26.3. The van der Waals surface area contributed by atoms with E-state index < -0.39 is 18.0 Å². The average molecular weight is 330 g/mol. The molecule has 126 valence electrons. The molecule has 1 atom stereocenters. The number of benzene rings is 1. The normalized spacial score (nSPS) is 19.1. The van der Waals surface area contributed by atoms with Gasteiger partial charge in [-0.15, -0.1) is 0 Å². The van der Waals surface area contributed by atoms with Gasteiger partial charge in [0.15, 0.2) is 0 Å². The fourth-order valence-electron chi connectivity index (χ4n) is 2.23. The van der Waals surface area contributed by atoms with E-state index in [0.717, 1.165) is 5.56 Å². The van der Waals surface area contributed by atoms with Crippen molar-refractivity contribution in [1.82, 2.24) is 5.32 Å². The van der Waals surface area contributed by atoms with Crippen molar-refractivity contribution in [2.75, 3.05) is 6.54 Å². The third-order valence-electron chi connectivity index (χ3n) is 3.49. The molecule has 0 spiro atoms. The molecule has 1 heterocycles. The lowest BCUT2D eigenvalue weighted by Gasteiger charge is -2.21. The zero-order chi connectivity index (χ0) is 17.5. The summed E-state index contributed by atoms with van der Waals surface area (Å²) < 4.78 is 0. The lowest BCUT2D eigenvalue weighted by molar-refractivity contribution is -0.139. The molecule has 1 aromatic rings. The zero-order valence-electron chi connectivity index (χ0n) is 12.8. The molecule has 1 aliphatic rings. The molecule has 24 heavy (non-hydrogen) atoms. The number of aliphatic carboxylic acids is 2. The van der Waals surface area contributed by atoms with Crippen LogP contribution in [0.25, 0.3) is 0 Å². The molecule has 0 fully saturated rings. The molecule has 7 heteroatoms. The van der Waals surface area contributed by atoms with E-state index in [9.17, 15) is 14.7 Å². The number of phenolic OH excluding ortho intramolecular Hbond substituents is 1. The SMILES string of the molecule is O=C(O)C1=C/C(=C/C=NCCc2ccc(O)cc2)CC(C(=O)O)N1. The van der Waals surface area contributed by atoms with Crippen molar-refractivity contribution in [2.24, 2.45) is 4.99 Å². The maximum atomic E-state index is 11.1. The highest BCUT2D eigenvalue weighted by atomic mass is 16.4. The van der Waals surface area contributed by atoms with Crippen molar-refractivity contribution in [1.29, 1.82) is 0 Å². The fraction of sp³-hybridized carbons (Fsp3) is 0.235. The molecule has 0 aliphatic carbocycles. The Balaban J connectivity index is 1.95. The monoisotopic (exact) mass is 330 g/mol. The van der Waals surface area contributed by atoms with Gasteiger partial charge in [-0.1, -0.05) is 12.1 Å². The summed E-state index contributed by atoms with van der Waals surface area (Å²) in [5.74, 6) is -2.08. The maximum Gasteiger partial charge on any atom is 0.351 e. The third kappa shape index (κ3) is 4.98. The van der Waals surface area contributed by atoms with E-state index in [2.05, 4.69) is 10.3 Å². The molecule has 0 radical (unpaired) electrons. The highest BCUT2D eigenvalue weighted by Crippen LogP contribution is 2.16. The molecular weight excluding hydrogens is 312 g/mol. The Labute approximate surface area is 138 Å². The van der Waals surface area contributed by atoms with Crippen molar-refractivity contribution in [3.8, 4) is 5.75 Å². The van der Waals surface area contributed by atoms with E-state index in [-0.39, 0.29) is 17.9 Å². The lowest BCUT2D eigenvalue weighted by atomic mass is 10.00. The molecular formula is C17H18N2O5. The molecule has 1 unspecified atom stereocenters. The Hall–Kier alpha value is -3.09. The minimum Gasteiger partial charge on any atom is -0.508 e. The lowest BCUT2D eigenvalue weighted by Crippen LogP contribution is -2.41. The highest BCUT2D eigenvalue weighted by Gasteiger charge is 2.26. The standard InChI is InChI=1S/C17H18N2O5/c20-13-3-1-11(2-4-13)5-7-18-8-6-12-9-14(16(21)22)19-15(10-12)17(23)24/h1-4,6,8-9,15,19-20H,5,7,10H2,(H,21,22)(H,23,24)/b12-6-,18-8?. The molecule has 2 rings (SSSR count). The number of rotatable bonds is 6. The van der Waals surface area contributed by atoms with Crippen LogP contribution in [0.15, 0.2) is 52.7 Å². The summed E-state index contributed by atoms with van der Waals surface area (Å²) in [5.41, 5.74) is 1.49. The molecule has 4 N–H and O–H groups in total. The van der Waals surface area contributed by atoms with Crippen LogP contribution in [0.3, 0.4) is 0 Å². The van der Waals surface area contributed by atoms with Gasteiger partial charge in [-0.2, -0.15) is 0 Å². The van der Waals surface area contributed by atoms with Gasteiger partial charge in [0.1, 0.15) is 17.5 Å². The Kier molecular flexibility index (Phi) is 5.73. The second-order valence-electron chi connectivity index (χ2n) is 5.32. The number of hydrogen-bond acceptors (Lipinski definition) is 5. The molecule has 0 amide bonds. The minimum absolute atomic E-state index is 0.141. The summed E-state index contributed by atoms with van der Waals surface area (Å²) in [6.45, 7) is 0.532. The largest absolute Gasteiger partial charge is 0.508 e. The zero-order valence-corrected chi connectivity index (χ0v) is 12.8. The van der Waals surface area contributed by atoms with Crippen LogP contribution in [0.1, 0.15) is 12.0 Å². The van der Waals surface area contributed by atoms with E-state index >= 15 is 0 Å². The molecule has 1 aromatic carbocycles. The second-order valence-corrected chi connectivity index (χ2v) is 5.32. The predicted octanol–water partition coefficient (Wildman–Crippen LogP) is 1.35. The number of nitrogens with one attached hydrogen (secondary N) is 1.